The highest BCUT2D eigenvalue weighted by Crippen LogP contribution is 2.24. The van der Waals surface area contributed by atoms with Crippen molar-refractivity contribution in [1.29, 1.82) is 0 Å². The van der Waals surface area contributed by atoms with Crippen LogP contribution in [0.15, 0.2) is 35.4 Å². The summed E-state index contributed by atoms with van der Waals surface area (Å²) in [7, 11) is -2.43. The predicted molar refractivity (Wildman–Crippen MR) is 93.8 cm³/mol. The number of sulfonamides is 1. The van der Waals surface area contributed by atoms with Gasteiger partial charge in [-0.1, -0.05) is 12.1 Å². The van der Waals surface area contributed by atoms with Crippen molar-refractivity contribution >= 4 is 39.2 Å². The maximum absolute atomic E-state index is 12.5. The lowest BCUT2D eigenvalue weighted by Gasteiger charge is -2.10. The van der Waals surface area contributed by atoms with Crippen LogP contribution in [0.3, 0.4) is 0 Å². The number of unbranched alkanes of at least 4 members (excludes halogenated alkanes) is 1. The van der Waals surface area contributed by atoms with Crippen molar-refractivity contribution in [3.05, 3.63) is 36.2 Å². The van der Waals surface area contributed by atoms with Gasteiger partial charge in [0.2, 0.25) is 10.0 Å². The Morgan fingerprint density at radius 1 is 1.25 bits per heavy atom. The molecule has 2 aromatic rings. The third-order valence-electron chi connectivity index (χ3n) is 3.36. The Balaban J connectivity index is 0.00000288. The van der Waals surface area contributed by atoms with Gasteiger partial charge in [-0.15, -0.1) is 12.4 Å². The number of methoxy groups -OCH3 is 1. The second-order valence-electron chi connectivity index (χ2n) is 4.90. The molecule has 1 heterocycles. The van der Waals surface area contributed by atoms with Gasteiger partial charge >= 0.3 is 5.97 Å². The second kappa shape index (κ2) is 8.93. The zero-order valence-electron chi connectivity index (χ0n) is 13.2. The van der Waals surface area contributed by atoms with Gasteiger partial charge in [0.15, 0.2) is 5.69 Å². The molecule has 0 bridgehead atoms. The van der Waals surface area contributed by atoms with Gasteiger partial charge in [0.1, 0.15) is 0 Å². The summed E-state index contributed by atoms with van der Waals surface area (Å²) in [6, 6.07) is 6.28. The average Bonchev–Trinajstić information content (AvgIpc) is 2.57. The SMILES string of the molecule is COC(=O)c1nccc2c(S(=O)(=O)NCCCCN)cccc12.Cl. The third-order valence-corrected chi connectivity index (χ3v) is 4.88. The van der Waals surface area contributed by atoms with E-state index < -0.39 is 16.0 Å². The summed E-state index contributed by atoms with van der Waals surface area (Å²) < 4.78 is 32.2. The van der Waals surface area contributed by atoms with Crippen LogP contribution in [0, 0.1) is 0 Å². The monoisotopic (exact) mass is 373 g/mol. The molecule has 0 saturated carbocycles. The van der Waals surface area contributed by atoms with Crippen molar-refractivity contribution < 1.29 is 17.9 Å². The lowest BCUT2D eigenvalue weighted by molar-refractivity contribution is 0.0596. The van der Waals surface area contributed by atoms with Gasteiger partial charge < -0.3 is 10.5 Å². The number of carbonyl (C=O) groups excluding carboxylic acids is 1. The zero-order chi connectivity index (χ0) is 16.9. The predicted octanol–water partition coefficient (Wildman–Crippen LogP) is 1.46. The number of nitrogens with zero attached hydrogens (tertiary/aromatic N) is 1. The van der Waals surface area contributed by atoms with Crippen molar-refractivity contribution in [2.24, 2.45) is 5.73 Å². The first-order valence-corrected chi connectivity index (χ1v) is 8.65. The van der Waals surface area contributed by atoms with Crippen LogP contribution in [0.1, 0.15) is 23.3 Å². The van der Waals surface area contributed by atoms with Crippen LogP contribution < -0.4 is 10.5 Å². The fraction of sp³-hybridized carbons (Fsp3) is 0.333. The fourth-order valence-corrected chi connectivity index (χ4v) is 3.52. The van der Waals surface area contributed by atoms with E-state index in [0.29, 0.717) is 30.3 Å². The van der Waals surface area contributed by atoms with Crippen molar-refractivity contribution in [3.63, 3.8) is 0 Å². The molecule has 0 unspecified atom stereocenters. The molecule has 7 nitrogen and oxygen atoms in total. The molecule has 24 heavy (non-hydrogen) atoms. The summed E-state index contributed by atoms with van der Waals surface area (Å²) in [5.74, 6) is -0.610. The topological polar surface area (TPSA) is 111 Å². The number of rotatable bonds is 7. The summed E-state index contributed by atoms with van der Waals surface area (Å²) in [5, 5.41) is 0.860. The molecule has 0 aliphatic heterocycles. The largest absolute Gasteiger partial charge is 0.464 e. The smallest absolute Gasteiger partial charge is 0.357 e. The Bertz CT molecular complexity index is 811. The van der Waals surface area contributed by atoms with Gasteiger partial charge in [0.05, 0.1) is 12.0 Å². The van der Waals surface area contributed by atoms with E-state index in [0.717, 1.165) is 6.42 Å². The van der Waals surface area contributed by atoms with E-state index in [2.05, 4.69) is 14.4 Å². The van der Waals surface area contributed by atoms with Gasteiger partial charge in [0.25, 0.3) is 0 Å². The van der Waals surface area contributed by atoms with Crippen LogP contribution in [0.5, 0.6) is 0 Å². The highest BCUT2D eigenvalue weighted by molar-refractivity contribution is 7.89. The number of ether oxygens (including phenoxy) is 1. The molecule has 0 spiro atoms. The van der Waals surface area contributed by atoms with E-state index in [1.165, 1.54) is 19.4 Å². The third kappa shape index (κ3) is 4.41. The minimum Gasteiger partial charge on any atom is -0.464 e. The van der Waals surface area contributed by atoms with Gasteiger partial charge in [0, 0.05) is 23.5 Å². The number of nitrogens with one attached hydrogen (secondary N) is 1. The maximum atomic E-state index is 12.5. The number of carbonyl (C=O) groups is 1. The molecule has 1 aromatic carbocycles. The van der Waals surface area contributed by atoms with Crippen LogP contribution >= 0.6 is 12.4 Å². The van der Waals surface area contributed by atoms with E-state index in [4.69, 9.17) is 5.73 Å². The van der Waals surface area contributed by atoms with Crippen molar-refractivity contribution in [2.45, 2.75) is 17.7 Å². The number of fused-ring (bicyclic) bond motifs is 1. The normalized spacial score (nSPS) is 11.1. The van der Waals surface area contributed by atoms with Gasteiger partial charge in [-0.25, -0.2) is 22.9 Å². The van der Waals surface area contributed by atoms with Crippen LogP contribution in [0.4, 0.5) is 0 Å². The molecule has 2 rings (SSSR count). The molecular formula is C15H20ClN3O4S. The Morgan fingerprint density at radius 3 is 2.67 bits per heavy atom. The number of hydrogen-bond acceptors (Lipinski definition) is 6. The fourth-order valence-electron chi connectivity index (χ4n) is 2.23. The van der Waals surface area contributed by atoms with E-state index in [1.807, 2.05) is 0 Å². The van der Waals surface area contributed by atoms with E-state index in [-0.39, 0.29) is 23.0 Å². The molecule has 3 N–H and O–H groups in total. The van der Waals surface area contributed by atoms with Crippen molar-refractivity contribution in [3.8, 4) is 0 Å². The average molecular weight is 374 g/mol. The lowest BCUT2D eigenvalue weighted by atomic mass is 10.1. The first-order chi connectivity index (χ1) is 11.0. The highest BCUT2D eigenvalue weighted by atomic mass is 35.5. The number of aromatic nitrogens is 1. The van der Waals surface area contributed by atoms with E-state index in [9.17, 15) is 13.2 Å². The molecule has 0 aliphatic rings. The number of nitrogens with two attached hydrogens (primary N) is 1. The van der Waals surface area contributed by atoms with Crippen LogP contribution in [0.2, 0.25) is 0 Å². The molecule has 9 heteroatoms. The minimum absolute atomic E-state index is 0. The quantitative estimate of drug-likeness (QED) is 0.561. The van der Waals surface area contributed by atoms with Crippen LogP contribution in [0.25, 0.3) is 10.8 Å². The van der Waals surface area contributed by atoms with Gasteiger partial charge in [-0.3, -0.25) is 0 Å². The highest BCUT2D eigenvalue weighted by Gasteiger charge is 2.20. The number of halogens is 1. The Morgan fingerprint density at radius 2 is 2.00 bits per heavy atom. The van der Waals surface area contributed by atoms with Gasteiger partial charge in [-0.05, 0) is 31.5 Å². The van der Waals surface area contributed by atoms with Crippen LogP contribution in [-0.4, -0.2) is 39.6 Å². The summed E-state index contributed by atoms with van der Waals surface area (Å²) in [6.07, 6.45) is 2.80. The van der Waals surface area contributed by atoms with E-state index in [1.54, 1.807) is 18.2 Å². The lowest BCUT2D eigenvalue weighted by Crippen LogP contribution is -2.25. The Kier molecular flexibility index (Phi) is 7.56. The summed E-state index contributed by atoms with van der Waals surface area (Å²) in [6.45, 7) is 0.828. The first kappa shape index (κ1) is 20.3. The summed E-state index contributed by atoms with van der Waals surface area (Å²) in [4.78, 5) is 15.9. The molecule has 0 saturated heterocycles. The van der Waals surface area contributed by atoms with Crippen molar-refractivity contribution in [1.82, 2.24) is 9.71 Å². The first-order valence-electron chi connectivity index (χ1n) is 7.17. The molecular weight excluding hydrogens is 354 g/mol. The molecule has 1 aromatic heterocycles. The van der Waals surface area contributed by atoms with Crippen LogP contribution in [-0.2, 0) is 14.8 Å². The maximum Gasteiger partial charge on any atom is 0.357 e. The second-order valence-corrected chi connectivity index (χ2v) is 6.63. The van der Waals surface area contributed by atoms with Crippen molar-refractivity contribution in [2.75, 3.05) is 20.2 Å². The number of hydrogen-bond donors (Lipinski definition) is 2. The molecule has 0 fully saturated rings. The number of benzene rings is 1. The van der Waals surface area contributed by atoms with E-state index >= 15 is 0 Å². The Hall–Kier alpha value is -1.74. The molecule has 0 radical (unpaired) electrons. The summed E-state index contributed by atoms with van der Waals surface area (Å²) in [5.41, 5.74) is 5.48. The Labute approximate surface area is 147 Å². The van der Waals surface area contributed by atoms with Gasteiger partial charge in [-0.2, -0.15) is 0 Å². The number of esters is 1. The minimum atomic E-state index is -3.69. The number of pyridine rings is 1. The molecule has 132 valence electrons. The standard InChI is InChI=1S/C15H19N3O4S.ClH/c1-22-15(19)14-12-5-4-6-13(11(12)7-10-17-14)23(20,21)18-9-3-2-8-16;/h4-7,10,18H,2-3,8-9,16H2,1H3;1H. The molecule has 0 aliphatic carbocycles. The summed E-state index contributed by atoms with van der Waals surface area (Å²) >= 11 is 0. The molecule has 0 amide bonds. The zero-order valence-corrected chi connectivity index (χ0v) is 14.8. The molecule has 0 atom stereocenters.